The van der Waals surface area contributed by atoms with Crippen LogP contribution in [-0.2, 0) is 6.42 Å². The lowest BCUT2D eigenvalue weighted by Crippen LogP contribution is -2.39. The van der Waals surface area contributed by atoms with Gasteiger partial charge in [0.15, 0.2) is 0 Å². The molecule has 4 nitrogen and oxygen atoms in total. The Kier molecular flexibility index (Phi) is 5.35. The summed E-state index contributed by atoms with van der Waals surface area (Å²) in [5, 5.41) is 9.30. The molecule has 0 aliphatic carbocycles. The summed E-state index contributed by atoms with van der Waals surface area (Å²) >= 11 is 0. The van der Waals surface area contributed by atoms with E-state index in [0.29, 0.717) is 42.1 Å². The van der Waals surface area contributed by atoms with Gasteiger partial charge in [-0.3, -0.25) is 4.79 Å². The number of piperidine rings is 1. The van der Waals surface area contributed by atoms with Gasteiger partial charge in [-0.1, -0.05) is 24.3 Å². The molecule has 1 heterocycles. The van der Waals surface area contributed by atoms with Gasteiger partial charge >= 0.3 is 5.97 Å². The average Bonchev–Trinajstić information content (AvgIpc) is 2.64. The van der Waals surface area contributed by atoms with E-state index in [1.807, 2.05) is 12.1 Å². The number of hydrogen-bond donors (Lipinski definition) is 1. The number of likely N-dealkylation sites (tertiary alicyclic amines) is 1. The first kappa shape index (κ1) is 18.1. The highest BCUT2D eigenvalue weighted by Gasteiger charge is 2.26. The summed E-state index contributed by atoms with van der Waals surface area (Å²) < 4.78 is 13.7. The Bertz CT molecular complexity index is 826. The molecule has 0 aromatic heterocycles. The van der Waals surface area contributed by atoms with Crippen LogP contribution in [0.1, 0.15) is 44.7 Å². The number of halogens is 1. The van der Waals surface area contributed by atoms with Gasteiger partial charge in [0.25, 0.3) is 5.91 Å². The number of nitrogens with zero attached hydrogens (tertiary/aromatic N) is 1. The van der Waals surface area contributed by atoms with Crippen molar-refractivity contribution in [3.8, 4) is 0 Å². The molecule has 5 heteroatoms. The van der Waals surface area contributed by atoms with Gasteiger partial charge in [-0.2, -0.15) is 0 Å². The van der Waals surface area contributed by atoms with Crippen molar-refractivity contribution >= 4 is 11.9 Å². The molecule has 26 heavy (non-hydrogen) atoms. The van der Waals surface area contributed by atoms with E-state index in [1.54, 1.807) is 36.1 Å². The number of carbonyl (C=O) groups excluding carboxylic acids is 1. The normalized spacial score (nSPS) is 15.1. The van der Waals surface area contributed by atoms with Crippen molar-refractivity contribution in [1.82, 2.24) is 4.90 Å². The maximum Gasteiger partial charge on any atom is 0.335 e. The third-order valence-corrected chi connectivity index (χ3v) is 5.16. The quantitative estimate of drug-likeness (QED) is 0.904. The summed E-state index contributed by atoms with van der Waals surface area (Å²) in [4.78, 5) is 25.8. The van der Waals surface area contributed by atoms with Gasteiger partial charge in [-0.15, -0.1) is 0 Å². The first-order chi connectivity index (χ1) is 12.5. The van der Waals surface area contributed by atoms with E-state index in [1.165, 1.54) is 6.07 Å². The third kappa shape index (κ3) is 3.77. The number of amides is 1. The number of carboxylic acid groups (broad SMARTS) is 1. The minimum Gasteiger partial charge on any atom is -0.478 e. The van der Waals surface area contributed by atoms with Crippen molar-refractivity contribution in [3.05, 3.63) is 70.5 Å². The number of benzene rings is 2. The third-order valence-electron chi connectivity index (χ3n) is 5.16. The molecule has 2 aromatic rings. The van der Waals surface area contributed by atoms with Crippen LogP contribution in [0.2, 0.25) is 0 Å². The monoisotopic (exact) mass is 355 g/mol. The van der Waals surface area contributed by atoms with Gasteiger partial charge in [0.1, 0.15) is 5.82 Å². The standard InChI is InChI=1S/C21H22FNO3/c1-14-17(7-4-8-19(14)22)20(24)23-11-9-15(10-12-23)13-16-5-2-3-6-18(16)21(25)26/h2-8,15H,9-13H2,1H3,(H,25,26). The zero-order valence-corrected chi connectivity index (χ0v) is 14.7. The molecule has 0 bridgehead atoms. The fraction of sp³-hybridized carbons (Fsp3) is 0.333. The molecular weight excluding hydrogens is 333 g/mol. The number of carbonyl (C=O) groups is 2. The Balaban J connectivity index is 1.64. The molecule has 3 rings (SSSR count). The lowest BCUT2D eigenvalue weighted by atomic mass is 9.88. The lowest BCUT2D eigenvalue weighted by molar-refractivity contribution is 0.0689. The minimum absolute atomic E-state index is 0.133. The summed E-state index contributed by atoms with van der Waals surface area (Å²) in [6.45, 7) is 2.83. The molecule has 1 fully saturated rings. The fourth-order valence-corrected chi connectivity index (χ4v) is 3.57. The van der Waals surface area contributed by atoms with Crippen LogP contribution in [0.25, 0.3) is 0 Å². The first-order valence-electron chi connectivity index (χ1n) is 8.83. The Labute approximate surface area is 152 Å². The maximum atomic E-state index is 13.7. The topological polar surface area (TPSA) is 57.6 Å². The second kappa shape index (κ2) is 7.68. The second-order valence-electron chi connectivity index (χ2n) is 6.81. The average molecular weight is 355 g/mol. The highest BCUT2D eigenvalue weighted by molar-refractivity contribution is 5.95. The molecule has 136 valence electrons. The van der Waals surface area contributed by atoms with Crippen molar-refractivity contribution in [3.63, 3.8) is 0 Å². The summed E-state index contributed by atoms with van der Waals surface area (Å²) in [7, 11) is 0. The molecule has 0 spiro atoms. The van der Waals surface area contributed by atoms with Crippen LogP contribution in [0, 0.1) is 18.7 Å². The molecule has 0 radical (unpaired) electrons. The maximum absolute atomic E-state index is 13.7. The predicted octanol–water partition coefficient (Wildman–Crippen LogP) is 3.93. The van der Waals surface area contributed by atoms with E-state index in [2.05, 4.69) is 0 Å². The smallest absolute Gasteiger partial charge is 0.335 e. The van der Waals surface area contributed by atoms with Crippen LogP contribution in [0.3, 0.4) is 0 Å². The fourth-order valence-electron chi connectivity index (χ4n) is 3.57. The van der Waals surface area contributed by atoms with Crippen LogP contribution in [-0.4, -0.2) is 35.0 Å². The Morgan fingerprint density at radius 3 is 2.42 bits per heavy atom. The van der Waals surface area contributed by atoms with Crippen molar-refractivity contribution in [2.45, 2.75) is 26.2 Å². The number of hydrogen-bond acceptors (Lipinski definition) is 2. The number of aromatic carboxylic acids is 1. The Hall–Kier alpha value is -2.69. The van der Waals surface area contributed by atoms with E-state index in [0.717, 1.165) is 18.4 Å². The summed E-state index contributed by atoms with van der Waals surface area (Å²) in [6.07, 6.45) is 2.33. The summed E-state index contributed by atoms with van der Waals surface area (Å²) in [5.74, 6) is -1.06. The van der Waals surface area contributed by atoms with Crippen molar-refractivity contribution in [2.24, 2.45) is 5.92 Å². The van der Waals surface area contributed by atoms with Crippen LogP contribution in [0.5, 0.6) is 0 Å². The minimum atomic E-state index is -0.908. The van der Waals surface area contributed by atoms with E-state index in [-0.39, 0.29) is 11.7 Å². The molecule has 1 aliphatic heterocycles. The molecule has 0 unspecified atom stereocenters. The zero-order valence-electron chi connectivity index (χ0n) is 14.7. The van der Waals surface area contributed by atoms with E-state index in [9.17, 15) is 19.1 Å². The summed E-state index contributed by atoms with van der Waals surface area (Å²) in [6, 6.07) is 11.7. The van der Waals surface area contributed by atoms with Gasteiger partial charge in [0.2, 0.25) is 0 Å². The van der Waals surface area contributed by atoms with Crippen LogP contribution in [0.4, 0.5) is 4.39 Å². The van der Waals surface area contributed by atoms with Crippen molar-refractivity contribution in [1.29, 1.82) is 0 Å². The number of rotatable bonds is 4. The van der Waals surface area contributed by atoms with Gasteiger partial charge in [0.05, 0.1) is 5.56 Å². The highest BCUT2D eigenvalue weighted by Crippen LogP contribution is 2.25. The molecule has 2 aromatic carbocycles. The Morgan fingerprint density at radius 2 is 1.73 bits per heavy atom. The molecule has 1 amide bonds. The SMILES string of the molecule is Cc1c(F)cccc1C(=O)N1CCC(Cc2ccccc2C(=O)O)CC1. The van der Waals surface area contributed by atoms with E-state index < -0.39 is 5.97 Å². The van der Waals surface area contributed by atoms with E-state index >= 15 is 0 Å². The highest BCUT2D eigenvalue weighted by atomic mass is 19.1. The first-order valence-corrected chi connectivity index (χ1v) is 8.83. The lowest BCUT2D eigenvalue weighted by Gasteiger charge is -2.32. The molecule has 0 saturated carbocycles. The van der Waals surface area contributed by atoms with E-state index in [4.69, 9.17) is 0 Å². The molecule has 0 atom stereocenters. The van der Waals surface area contributed by atoms with Crippen molar-refractivity contribution < 1.29 is 19.1 Å². The summed E-state index contributed by atoms with van der Waals surface area (Å²) in [5.41, 5.74) is 1.99. The van der Waals surface area contributed by atoms with Crippen LogP contribution >= 0.6 is 0 Å². The van der Waals surface area contributed by atoms with Gasteiger partial charge in [-0.25, -0.2) is 9.18 Å². The van der Waals surface area contributed by atoms with Gasteiger partial charge in [-0.05, 0) is 61.4 Å². The Morgan fingerprint density at radius 1 is 1.08 bits per heavy atom. The molecule has 1 N–H and O–H groups in total. The second-order valence-corrected chi connectivity index (χ2v) is 6.81. The van der Waals surface area contributed by atoms with Gasteiger partial charge < -0.3 is 10.0 Å². The van der Waals surface area contributed by atoms with Crippen LogP contribution in [0.15, 0.2) is 42.5 Å². The van der Waals surface area contributed by atoms with Crippen molar-refractivity contribution in [2.75, 3.05) is 13.1 Å². The largest absolute Gasteiger partial charge is 0.478 e. The molecule has 1 aliphatic rings. The number of carboxylic acids is 1. The van der Waals surface area contributed by atoms with Gasteiger partial charge in [0, 0.05) is 18.7 Å². The molecule has 1 saturated heterocycles. The molecular formula is C21H22FNO3. The predicted molar refractivity (Wildman–Crippen MR) is 96.9 cm³/mol. The van der Waals surface area contributed by atoms with Crippen LogP contribution < -0.4 is 0 Å². The zero-order chi connectivity index (χ0) is 18.7.